The maximum absolute atomic E-state index is 12.3. The number of para-hydroxylation sites is 1. The van der Waals surface area contributed by atoms with Crippen molar-refractivity contribution in [1.29, 1.82) is 0 Å². The Balaban J connectivity index is 2.22. The van der Waals surface area contributed by atoms with Crippen molar-refractivity contribution in [2.24, 2.45) is 0 Å². The van der Waals surface area contributed by atoms with E-state index in [1.165, 1.54) is 11.0 Å². The number of amides is 1. The lowest BCUT2D eigenvalue weighted by molar-refractivity contribution is -0.117. The van der Waals surface area contributed by atoms with E-state index in [1.54, 1.807) is 49.5 Å². The van der Waals surface area contributed by atoms with Crippen LogP contribution in [0.4, 0.5) is 5.69 Å². The van der Waals surface area contributed by atoms with Gasteiger partial charge in [0.25, 0.3) is 0 Å². The Morgan fingerprint density at radius 2 is 1.86 bits per heavy atom. The van der Waals surface area contributed by atoms with Gasteiger partial charge in [-0.05, 0) is 29.8 Å². The molecule has 5 heteroatoms. The van der Waals surface area contributed by atoms with Crippen LogP contribution in [0.3, 0.4) is 0 Å². The van der Waals surface area contributed by atoms with Crippen molar-refractivity contribution in [2.45, 2.75) is 6.42 Å². The molecule has 0 aliphatic rings. The molecule has 108 valence electrons. The van der Waals surface area contributed by atoms with E-state index in [9.17, 15) is 9.59 Å². The number of likely N-dealkylation sites (N-methyl/N-ethyl adjacent to an activating group) is 1. The Bertz CT molecular complexity index is 685. The Kier molecular flexibility index (Phi) is 4.60. The second kappa shape index (κ2) is 6.41. The first-order valence-electron chi connectivity index (χ1n) is 6.32. The molecule has 1 amide bonds. The number of carboxylic acid groups (broad SMARTS) is 1. The summed E-state index contributed by atoms with van der Waals surface area (Å²) >= 11 is 5.89. The number of nitrogens with zero attached hydrogens (tertiary/aromatic N) is 1. The van der Waals surface area contributed by atoms with Gasteiger partial charge in [-0.1, -0.05) is 35.9 Å². The van der Waals surface area contributed by atoms with Gasteiger partial charge in [0.15, 0.2) is 0 Å². The number of carboxylic acids is 1. The van der Waals surface area contributed by atoms with E-state index in [0.29, 0.717) is 10.7 Å². The van der Waals surface area contributed by atoms with Crippen molar-refractivity contribution in [3.63, 3.8) is 0 Å². The van der Waals surface area contributed by atoms with Crippen molar-refractivity contribution in [3.05, 3.63) is 64.7 Å². The molecule has 0 fully saturated rings. The quantitative estimate of drug-likeness (QED) is 0.943. The Morgan fingerprint density at radius 1 is 1.14 bits per heavy atom. The highest BCUT2D eigenvalue weighted by Crippen LogP contribution is 2.20. The number of benzene rings is 2. The number of halogens is 1. The molecular formula is C16H14ClNO3. The molecule has 2 aromatic carbocycles. The van der Waals surface area contributed by atoms with Gasteiger partial charge < -0.3 is 10.0 Å². The maximum Gasteiger partial charge on any atom is 0.337 e. The molecule has 21 heavy (non-hydrogen) atoms. The second-order valence-corrected chi connectivity index (χ2v) is 5.02. The first kappa shape index (κ1) is 15.1. The number of carbonyl (C=O) groups is 2. The smallest absolute Gasteiger partial charge is 0.337 e. The van der Waals surface area contributed by atoms with Crippen LogP contribution in [0, 0.1) is 0 Å². The molecule has 2 rings (SSSR count). The van der Waals surface area contributed by atoms with Crippen LogP contribution in [0.15, 0.2) is 48.5 Å². The number of aromatic carboxylic acids is 1. The minimum Gasteiger partial charge on any atom is -0.478 e. The largest absolute Gasteiger partial charge is 0.478 e. The molecule has 0 unspecified atom stereocenters. The molecule has 0 bridgehead atoms. The Morgan fingerprint density at radius 3 is 2.52 bits per heavy atom. The van der Waals surface area contributed by atoms with E-state index in [1.807, 2.05) is 0 Å². The van der Waals surface area contributed by atoms with Crippen LogP contribution in [0.5, 0.6) is 0 Å². The van der Waals surface area contributed by atoms with Gasteiger partial charge in [-0.3, -0.25) is 4.79 Å². The summed E-state index contributed by atoms with van der Waals surface area (Å²) in [6.07, 6.45) is 0.158. The number of hydrogen-bond donors (Lipinski definition) is 1. The first-order valence-corrected chi connectivity index (χ1v) is 6.70. The van der Waals surface area contributed by atoms with Crippen molar-refractivity contribution in [2.75, 3.05) is 11.9 Å². The number of anilines is 1. The average molecular weight is 304 g/mol. The summed E-state index contributed by atoms with van der Waals surface area (Å²) < 4.78 is 0. The van der Waals surface area contributed by atoms with E-state index < -0.39 is 5.97 Å². The van der Waals surface area contributed by atoms with E-state index in [2.05, 4.69) is 0 Å². The van der Waals surface area contributed by atoms with E-state index in [0.717, 1.165) is 5.56 Å². The van der Waals surface area contributed by atoms with Gasteiger partial charge in [0.2, 0.25) is 5.91 Å². The molecular weight excluding hydrogens is 290 g/mol. The molecule has 4 nitrogen and oxygen atoms in total. The lowest BCUT2D eigenvalue weighted by Crippen LogP contribution is -2.29. The zero-order valence-corrected chi connectivity index (χ0v) is 12.2. The third-order valence-corrected chi connectivity index (χ3v) is 3.35. The van der Waals surface area contributed by atoms with Crippen LogP contribution in [0.1, 0.15) is 15.9 Å². The normalized spacial score (nSPS) is 10.2. The summed E-state index contributed by atoms with van der Waals surface area (Å²) in [7, 11) is 1.56. The molecule has 0 aliphatic carbocycles. The fourth-order valence-corrected chi connectivity index (χ4v) is 2.23. The topological polar surface area (TPSA) is 57.6 Å². The summed E-state index contributed by atoms with van der Waals surface area (Å²) in [4.78, 5) is 24.8. The molecule has 0 spiro atoms. The lowest BCUT2D eigenvalue weighted by Gasteiger charge is -2.19. The molecule has 2 aromatic rings. The molecule has 0 radical (unpaired) electrons. The fourth-order valence-electron chi connectivity index (χ4n) is 2.02. The third-order valence-electron chi connectivity index (χ3n) is 3.11. The van der Waals surface area contributed by atoms with Gasteiger partial charge in [-0.25, -0.2) is 4.79 Å². The summed E-state index contributed by atoms with van der Waals surface area (Å²) in [5.74, 6) is -1.26. The van der Waals surface area contributed by atoms with Crippen LogP contribution in [0.2, 0.25) is 5.02 Å². The Labute approximate surface area is 127 Å². The molecule has 0 saturated heterocycles. The highest BCUT2D eigenvalue weighted by atomic mass is 35.5. The second-order valence-electron chi connectivity index (χ2n) is 4.58. The van der Waals surface area contributed by atoms with Crippen molar-refractivity contribution >= 4 is 29.2 Å². The summed E-state index contributed by atoms with van der Waals surface area (Å²) in [6, 6.07) is 13.4. The van der Waals surface area contributed by atoms with Crippen LogP contribution in [-0.2, 0) is 11.2 Å². The minimum absolute atomic E-state index is 0.0967. The third kappa shape index (κ3) is 3.61. The highest BCUT2D eigenvalue weighted by molar-refractivity contribution is 6.30. The Hall–Kier alpha value is -2.33. The van der Waals surface area contributed by atoms with E-state index in [-0.39, 0.29) is 17.9 Å². The minimum atomic E-state index is -1.06. The summed E-state index contributed by atoms with van der Waals surface area (Å²) in [5, 5.41) is 9.73. The van der Waals surface area contributed by atoms with Crippen molar-refractivity contribution < 1.29 is 14.7 Å². The number of hydrogen-bond acceptors (Lipinski definition) is 2. The van der Waals surface area contributed by atoms with Gasteiger partial charge >= 0.3 is 5.97 Å². The van der Waals surface area contributed by atoms with Gasteiger partial charge in [0.1, 0.15) is 0 Å². The average Bonchev–Trinajstić information content (AvgIpc) is 2.46. The number of rotatable bonds is 4. The first-order chi connectivity index (χ1) is 9.99. The standard InChI is InChI=1S/C16H14ClNO3/c1-18(14-8-3-2-7-13(14)16(20)21)15(19)10-11-5-4-6-12(17)9-11/h2-9H,10H2,1H3,(H,20,21). The predicted octanol–water partition coefficient (Wildman–Crippen LogP) is 3.24. The molecule has 0 aromatic heterocycles. The van der Waals surface area contributed by atoms with Crippen LogP contribution in [-0.4, -0.2) is 24.0 Å². The van der Waals surface area contributed by atoms with Crippen molar-refractivity contribution in [1.82, 2.24) is 0 Å². The monoisotopic (exact) mass is 303 g/mol. The van der Waals surface area contributed by atoms with Gasteiger partial charge in [-0.2, -0.15) is 0 Å². The number of carbonyl (C=O) groups excluding carboxylic acids is 1. The van der Waals surface area contributed by atoms with Crippen LogP contribution in [0.25, 0.3) is 0 Å². The molecule has 0 atom stereocenters. The van der Waals surface area contributed by atoms with Gasteiger partial charge in [0.05, 0.1) is 17.7 Å². The molecule has 0 aliphatic heterocycles. The van der Waals surface area contributed by atoms with Crippen LogP contribution < -0.4 is 4.90 Å². The summed E-state index contributed by atoms with van der Waals surface area (Å²) in [5.41, 5.74) is 1.25. The van der Waals surface area contributed by atoms with Gasteiger partial charge in [-0.15, -0.1) is 0 Å². The molecule has 1 N–H and O–H groups in total. The van der Waals surface area contributed by atoms with Crippen molar-refractivity contribution in [3.8, 4) is 0 Å². The zero-order valence-electron chi connectivity index (χ0n) is 11.4. The molecule has 0 heterocycles. The zero-order chi connectivity index (χ0) is 15.4. The predicted molar refractivity (Wildman–Crippen MR) is 82.0 cm³/mol. The van der Waals surface area contributed by atoms with Gasteiger partial charge in [0, 0.05) is 12.1 Å². The fraction of sp³-hybridized carbons (Fsp3) is 0.125. The van der Waals surface area contributed by atoms with Crippen LogP contribution >= 0.6 is 11.6 Å². The lowest BCUT2D eigenvalue weighted by atomic mass is 10.1. The highest BCUT2D eigenvalue weighted by Gasteiger charge is 2.17. The maximum atomic E-state index is 12.3. The van der Waals surface area contributed by atoms with E-state index >= 15 is 0 Å². The SMILES string of the molecule is CN(C(=O)Cc1cccc(Cl)c1)c1ccccc1C(=O)O. The van der Waals surface area contributed by atoms with E-state index in [4.69, 9.17) is 16.7 Å². The summed E-state index contributed by atoms with van der Waals surface area (Å²) in [6.45, 7) is 0. The molecule has 0 saturated carbocycles.